The van der Waals surface area contributed by atoms with Crippen molar-refractivity contribution in [3.8, 4) is 0 Å². The molecule has 0 radical (unpaired) electrons. The van der Waals surface area contributed by atoms with Gasteiger partial charge in [0, 0.05) is 24.9 Å². The lowest BCUT2D eigenvalue weighted by Crippen LogP contribution is -2.49. The molecule has 0 atom stereocenters. The van der Waals surface area contributed by atoms with Crippen LogP contribution in [0.2, 0.25) is 0 Å². The first-order valence-electron chi connectivity index (χ1n) is 6.62. The van der Waals surface area contributed by atoms with Crippen LogP contribution in [0.15, 0.2) is 18.3 Å². The van der Waals surface area contributed by atoms with E-state index in [1.165, 1.54) is 11.3 Å². The van der Waals surface area contributed by atoms with E-state index in [-0.39, 0.29) is 11.4 Å². The van der Waals surface area contributed by atoms with Crippen molar-refractivity contribution in [3.63, 3.8) is 0 Å². The number of thiophene rings is 1. The van der Waals surface area contributed by atoms with Crippen molar-refractivity contribution in [2.24, 2.45) is 0 Å². The number of nitrogens with one attached hydrogen (secondary N) is 1. The molecule has 0 aliphatic carbocycles. The molecule has 0 spiro atoms. The van der Waals surface area contributed by atoms with Gasteiger partial charge in [-0.25, -0.2) is 0 Å². The van der Waals surface area contributed by atoms with Gasteiger partial charge in [-0.2, -0.15) is 0 Å². The number of aromatic nitrogens is 1. The maximum absolute atomic E-state index is 12.5. The van der Waals surface area contributed by atoms with E-state index in [4.69, 9.17) is 10.5 Å². The van der Waals surface area contributed by atoms with Crippen LogP contribution in [0.1, 0.15) is 29.4 Å². The molecule has 0 saturated carbocycles. The third-order valence-electron chi connectivity index (χ3n) is 3.70. The highest BCUT2D eigenvalue weighted by Crippen LogP contribution is 2.32. The number of nitrogens with two attached hydrogens (primary N) is 1. The average molecular weight is 291 g/mol. The number of hydrogen-bond acceptors (Lipinski definition) is 5. The van der Waals surface area contributed by atoms with Gasteiger partial charge in [0.05, 0.1) is 10.4 Å². The summed E-state index contributed by atoms with van der Waals surface area (Å²) >= 11 is 1.39. The van der Waals surface area contributed by atoms with E-state index in [9.17, 15) is 4.79 Å². The molecule has 3 N–H and O–H groups in total. The number of nitrogens with zero attached hydrogens (tertiary/aromatic N) is 1. The molecule has 1 fully saturated rings. The Balaban J connectivity index is 1.87. The molecule has 2 aromatic heterocycles. The van der Waals surface area contributed by atoms with Gasteiger partial charge in [-0.3, -0.25) is 9.78 Å². The minimum atomic E-state index is -0.217. The summed E-state index contributed by atoms with van der Waals surface area (Å²) in [5.41, 5.74) is 7.01. The average Bonchev–Trinajstić information content (AvgIpc) is 2.77. The Morgan fingerprint density at radius 3 is 2.95 bits per heavy atom. The fourth-order valence-electron chi connectivity index (χ4n) is 2.39. The van der Waals surface area contributed by atoms with Crippen molar-refractivity contribution in [1.29, 1.82) is 0 Å². The Bertz CT molecular complexity index is 647. The summed E-state index contributed by atoms with van der Waals surface area (Å²) < 4.78 is 6.28. The zero-order valence-corrected chi connectivity index (χ0v) is 12.1. The second kappa shape index (κ2) is 5.03. The Kier molecular flexibility index (Phi) is 3.35. The maximum atomic E-state index is 12.5. The fourth-order valence-corrected chi connectivity index (χ4v) is 3.37. The van der Waals surface area contributed by atoms with Crippen LogP contribution in [-0.4, -0.2) is 29.6 Å². The second-order valence-corrected chi connectivity index (χ2v) is 6.37. The van der Waals surface area contributed by atoms with Crippen LogP contribution in [-0.2, 0) is 4.74 Å². The van der Waals surface area contributed by atoms with Gasteiger partial charge in [-0.1, -0.05) is 0 Å². The van der Waals surface area contributed by atoms with Crippen LogP contribution in [0.25, 0.3) is 10.2 Å². The lowest BCUT2D eigenvalue weighted by molar-refractivity contribution is 0.0424. The van der Waals surface area contributed by atoms with Crippen molar-refractivity contribution in [2.75, 3.05) is 18.9 Å². The van der Waals surface area contributed by atoms with Gasteiger partial charge in [0.25, 0.3) is 5.91 Å². The summed E-state index contributed by atoms with van der Waals surface area (Å²) in [4.78, 5) is 17.2. The van der Waals surface area contributed by atoms with Crippen LogP contribution in [0.3, 0.4) is 0 Å². The largest absolute Gasteiger partial charge is 0.396 e. The molecule has 5 nitrogen and oxygen atoms in total. The molecular weight excluding hydrogens is 274 g/mol. The first-order valence-corrected chi connectivity index (χ1v) is 7.44. The number of hydrogen-bond donors (Lipinski definition) is 2. The van der Waals surface area contributed by atoms with Gasteiger partial charge < -0.3 is 15.8 Å². The Hall–Kier alpha value is -1.66. The topological polar surface area (TPSA) is 77.2 Å². The molecule has 6 heteroatoms. The van der Waals surface area contributed by atoms with Crippen molar-refractivity contribution in [2.45, 2.75) is 25.3 Å². The molecule has 2 aromatic rings. The first kappa shape index (κ1) is 13.3. The number of amides is 1. The van der Waals surface area contributed by atoms with Crippen LogP contribution in [0.5, 0.6) is 0 Å². The van der Waals surface area contributed by atoms with Gasteiger partial charge in [0.2, 0.25) is 0 Å². The number of rotatable bonds is 2. The highest BCUT2D eigenvalue weighted by molar-refractivity contribution is 7.21. The van der Waals surface area contributed by atoms with Crippen molar-refractivity contribution in [1.82, 2.24) is 10.3 Å². The minimum Gasteiger partial charge on any atom is -0.396 e. The summed E-state index contributed by atoms with van der Waals surface area (Å²) in [5.74, 6) is -0.116. The molecule has 1 aliphatic rings. The molecule has 1 saturated heterocycles. The molecular formula is C14H17N3O2S. The molecule has 0 aromatic carbocycles. The van der Waals surface area contributed by atoms with Gasteiger partial charge in [-0.05, 0) is 31.9 Å². The number of carbonyl (C=O) groups is 1. The Morgan fingerprint density at radius 2 is 2.25 bits per heavy atom. The van der Waals surface area contributed by atoms with Crippen LogP contribution in [0, 0.1) is 0 Å². The van der Waals surface area contributed by atoms with Crippen molar-refractivity contribution < 1.29 is 9.53 Å². The number of carbonyl (C=O) groups excluding carboxylic acids is 1. The summed E-state index contributed by atoms with van der Waals surface area (Å²) in [7, 11) is 0. The number of nitrogen functional groups attached to an aromatic ring is 1. The second-order valence-electron chi connectivity index (χ2n) is 5.32. The Labute approximate surface area is 121 Å². The van der Waals surface area contributed by atoms with E-state index in [2.05, 4.69) is 17.2 Å². The van der Waals surface area contributed by atoms with E-state index in [0.29, 0.717) is 29.3 Å². The molecule has 0 bridgehead atoms. The summed E-state index contributed by atoms with van der Waals surface area (Å²) in [6.45, 7) is 3.41. The van der Waals surface area contributed by atoms with Gasteiger partial charge >= 0.3 is 0 Å². The SMILES string of the molecule is CC1(NC(=O)c2sc3cccnc3c2N)CCOCC1. The number of anilines is 1. The zero-order valence-electron chi connectivity index (χ0n) is 11.3. The van der Waals surface area contributed by atoms with Crippen LogP contribution in [0.4, 0.5) is 5.69 Å². The molecule has 3 rings (SSSR count). The molecule has 1 aliphatic heterocycles. The molecule has 3 heterocycles. The number of fused-ring (bicyclic) bond motifs is 1. The third-order valence-corrected chi connectivity index (χ3v) is 4.86. The molecule has 0 unspecified atom stereocenters. The predicted octanol–water partition coefficient (Wildman–Crippen LogP) is 2.18. The quantitative estimate of drug-likeness (QED) is 0.889. The standard InChI is InChI=1S/C14H17N3O2S/c1-14(4-7-19-8-5-14)17-13(18)12-10(15)11-9(20-12)3-2-6-16-11/h2-3,6H,4-5,7-8,15H2,1H3,(H,17,18). The summed E-state index contributed by atoms with van der Waals surface area (Å²) in [6, 6.07) is 3.77. The molecule has 20 heavy (non-hydrogen) atoms. The number of ether oxygens (including phenoxy) is 1. The third kappa shape index (κ3) is 2.36. The van der Waals surface area contributed by atoms with Crippen LogP contribution >= 0.6 is 11.3 Å². The van der Waals surface area contributed by atoms with Gasteiger partial charge in [-0.15, -0.1) is 11.3 Å². The van der Waals surface area contributed by atoms with E-state index in [1.807, 2.05) is 12.1 Å². The highest BCUT2D eigenvalue weighted by Gasteiger charge is 2.30. The smallest absolute Gasteiger partial charge is 0.264 e. The molecule has 106 valence electrons. The summed E-state index contributed by atoms with van der Waals surface area (Å²) in [6.07, 6.45) is 3.33. The Morgan fingerprint density at radius 1 is 1.50 bits per heavy atom. The van der Waals surface area contributed by atoms with E-state index in [0.717, 1.165) is 17.5 Å². The lowest BCUT2D eigenvalue weighted by atomic mass is 9.92. The van der Waals surface area contributed by atoms with E-state index in [1.54, 1.807) is 6.20 Å². The normalized spacial score (nSPS) is 18.1. The van der Waals surface area contributed by atoms with Gasteiger partial charge in [0.15, 0.2) is 0 Å². The van der Waals surface area contributed by atoms with Crippen molar-refractivity contribution >= 4 is 33.1 Å². The van der Waals surface area contributed by atoms with Crippen molar-refractivity contribution in [3.05, 3.63) is 23.2 Å². The fraction of sp³-hybridized carbons (Fsp3) is 0.429. The predicted molar refractivity (Wildman–Crippen MR) is 80.0 cm³/mol. The first-order chi connectivity index (χ1) is 9.59. The zero-order chi connectivity index (χ0) is 14.2. The molecule has 1 amide bonds. The van der Waals surface area contributed by atoms with Gasteiger partial charge in [0.1, 0.15) is 10.4 Å². The monoisotopic (exact) mass is 291 g/mol. The highest BCUT2D eigenvalue weighted by atomic mass is 32.1. The maximum Gasteiger partial charge on any atom is 0.264 e. The minimum absolute atomic E-state index is 0.116. The number of pyridine rings is 1. The van der Waals surface area contributed by atoms with Crippen LogP contribution < -0.4 is 11.1 Å². The lowest BCUT2D eigenvalue weighted by Gasteiger charge is -2.34. The van der Waals surface area contributed by atoms with E-state index >= 15 is 0 Å². The summed E-state index contributed by atoms with van der Waals surface area (Å²) in [5, 5.41) is 3.10. The van der Waals surface area contributed by atoms with E-state index < -0.39 is 0 Å².